The van der Waals surface area contributed by atoms with Gasteiger partial charge in [-0.3, -0.25) is 4.79 Å². The summed E-state index contributed by atoms with van der Waals surface area (Å²) < 4.78 is 0. The Hall–Kier alpha value is -1.04. The van der Waals surface area contributed by atoms with Crippen LogP contribution >= 0.6 is 0 Å². The van der Waals surface area contributed by atoms with E-state index in [1.807, 2.05) is 6.92 Å². The fourth-order valence-electron chi connectivity index (χ4n) is 1.54. The quantitative estimate of drug-likeness (QED) is 0.726. The van der Waals surface area contributed by atoms with Crippen molar-refractivity contribution in [2.45, 2.75) is 45.6 Å². The minimum Gasteiger partial charge on any atom is -0.340 e. The molecule has 0 spiro atoms. The van der Waals surface area contributed by atoms with E-state index in [1.54, 1.807) is 0 Å². The molecule has 0 radical (unpaired) electrons. The monoisotopic (exact) mass is 194 g/mol. The molecule has 1 saturated carbocycles. The van der Waals surface area contributed by atoms with E-state index in [-0.39, 0.29) is 17.9 Å². The van der Waals surface area contributed by atoms with E-state index in [4.69, 9.17) is 5.26 Å². The molecule has 2 atom stereocenters. The molecule has 0 heterocycles. The van der Waals surface area contributed by atoms with Crippen LogP contribution < -0.4 is 5.32 Å². The van der Waals surface area contributed by atoms with Crippen molar-refractivity contribution in [3.8, 4) is 6.07 Å². The molecule has 1 amide bonds. The second-order valence-electron chi connectivity index (χ2n) is 4.14. The summed E-state index contributed by atoms with van der Waals surface area (Å²) in [5.74, 6) is 0.484. The molecule has 0 aromatic carbocycles. The van der Waals surface area contributed by atoms with Crippen molar-refractivity contribution in [2.24, 2.45) is 11.8 Å². The summed E-state index contributed by atoms with van der Waals surface area (Å²) in [4.78, 5) is 11.6. The molecule has 1 fully saturated rings. The first-order chi connectivity index (χ1) is 6.69. The minimum absolute atomic E-state index is 0.0327. The molecule has 0 bridgehead atoms. The number of nitriles is 1. The fourth-order valence-corrected chi connectivity index (χ4v) is 1.54. The maximum absolute atomic E-state index is 11.6. The molecular weight excluding hydrogens is 176 g/mol. The zero-order valence-electron chi connectivity index (χ0n) is 8.92. The molecule has 1 rings (SSSR count). The highest BCUT2D eigenvalue weighted by molar-refractivity contribution is 5.78. The minimum atomic E-state index is -0.248. The third kappa shape index (κ3) is 3.02. The van der Waals surface area contributed by atoms with Gasteiger partial charge in [0.2, 0.25) is 5.91 Å². The van der Waals surface area contributed by atoms with Crippen molar-refractivity contribution in [2.75, 3.05) is 0 Å². The van der Waals surface area contributed by atoms with Gasteiger partial charge in [-0.2, -0.15) is 5.26 Å². The van der Waals surface area contributed by atoms with E-state index >= 15 is 0 Å². The number of nitrogens with one attached hydrogen (secondary N) is 1. The lowest BCUT2D eigenvalue weighted by atomic mass is 10.0. The molecule has 1 N–H and O–H groups in total. The van der Waals surface area contributed by atoms with Crippen LogP contribution in [0.2, 0.25) is 0 Å². The Morgan fingerprint density at radius 1 is 1.64 bits per heavy atom. The summed E-state index contributed by atoms with van der Waals surface area (Å²) in [6, 6.07) is 1.91. The lowest BCUT2D eigenvalue weighted by Crippen LogP contribution is -2.38. The van der Waals surface area contributed by atoms with Crippen LogP contribution in [0.15, 0.2) is 0 Å². The number of nitrogens with zero attached hydrogens (tertiary/aromatic N) is 1. The number of amides is 1. The van der Waals surface area contributed by atoms with Crippen LogP contribution in [0, 0.1) is 23.2 Å². The second kappa shape index (κ2) is 4.99. The van der Waals surface area contributed by atoms with Gasteiger partial charge in [-0.25, -0.2) is 0 Å². The van der Waals surface area contributed by atoms with E-state index in [0.717, 1.165) is 25.7 Å². The highest BCUT2D eigenvalue weighted by Gasteiger charge is 2.32. The van der Waals surface area contributed by atoms with Crippen molar-refractivity contribution in [3.63, 3.8) is 0 Å². The van der Waals surface area contributed by atoms with Crippen LogP contribution in [0.25, 0.3) is 0 Å². The Morgan fingerprint density at radius 2 is 2.29 bits per heavy atom. The van der Waals surface area contributed by atoms with Gasteiger partial charge >= 0.3 is 0 Å². The third-order valence-corrected chi connectivity index (χ3v) is 2.70. The largest absolute Gasteiger partial charge is 0.340 e. The Balaban J connectivity index is 2.34. The predicted octanol–water partition coefficient (Wildman–Crippen LogP) is 1.84. The predicted molar refractivity (Wildman–Crippen MR) is 54.3 cm³/mol. The number of carbonyl (C=O) groups is 1. The van der Waals surface area contributed by atoms with Crippen molar-refractivity contribution in [1.29, 1.82) is 5.26 Å². The third-order valence-electron chi connectivity index (χ3n) is 2.70. The highest BCUT2D eigenvalue weighted by atomic mass is 16.1. The molecule has 0 saturated heterocycles. The standard InChI is InChI=1S/C11H18N2O/c1-3-4-8(2)11(14)13-10(7-12)9-5-6-9/h8-10H,3-6H2,1-2H3,(H,13,14). The van der Waals surface area contributed by atoms with Crippen LogP contribution in [-0.4, -0.2) is 11.9 Å². The van der Waals surface area contributed by atoms with Crippen LogP contribution in [0.1, 0.15) is 39.5 Å². The first-order valence-electron chi connectivity index (χ1n) is 5.39. The van der Waals surface area contributed by atoms with Crippen LogP contribution in [-0.2, 0) is 4.79 Å². The number of carbonyl (C=O) groups excluding carboxylic acids is 1. The molecule has 3 heteroatoms. The molecule has 0 aromatic rings. The summed E-state index contributed by atoms with van der Waals surface area (Å²) >= 11 is 0. The Bertz CT molecular complexity index is 240. The van der Waals surface area contributed by atoms with Crippen molar-refractivity contribution in [1.82, 2.24) is 5.32 Å². The average Bonchev–Trinajstić information content (AvgIpc) is 2.97. The van der Waals surface area contributed by atoms with Gasteiger partial charge in [-0.1, -0.05) is 20.3 Å². The van der Waals surface area contributed by atoms with Gasteiger partial charge in [0.1, 0.15) is 6.04 Å². The van der Waals surface area contributed by atoms with Crippen molar-refractivity contribution < 1.29 is 4.79 Å². The zero-order valence-corrected chi connectivity index (χ0v) is 8.92. The summed E-state index contributed by atoms with van der Waals surface area (Å²) in [5.41, 5.74) is 0. The smallest absolute Gasteiger partial charge is 0.223 e. The van der Waals surface area contributed by atoms with Crippen LogP contribution in [0.5, 0.6) is 0 Å². The Kier molecular flexibility index (Phi) is 3.94. The summed E-state index contributed by atoms with van der Waals surface area (Å²) in [5, 5.41) is 11.6. The second-order valence-corrected chi connectivity index (χ2v) is 4.14. The summed E-state index contributed by atoms with van der Waals surface area (Å²) in [6.07, 6.45) is 4.07. The lowest BCUT2D eigenvalue weighted by Gasteiger charge is -2.14. The number of hydrogen-bond donors (Lipinski definition) is 1. The summed E-state index contributed by atoms with van der Waals surface area (Å²) in [6.45, 7) is 3.98. The van der Waals surface area contributed by atoms with Gasteiger partial charge in [-0.05, 0) is 25.2 Å². The zero-order chi connectivity index (χ0) is 10.6. The normalized spacial score (nSPS) is 19.5. The molecular formula is C11H18N2O. The first-order valence-corrected chi connectivity index (χ1v) is 5.39. The average molecular weight is 194 g/mol. The van der Waals surface area contributed by atoms with E-state index in [0.29, 0.717) is 5.92 Å². The van der Waals surface area contributed by atoms with E-state index in [2.05, 4.69) is 18.3 Å². The molecule has 1 aliphatic rings. The van der Waals surface area contributed by atoms with Crippen LogP contribution in [0.4, 0.5) is 0 Å². The molecule has 3 nitrogen and oxygen atoms in total. The SMILES string of the molecule is CCCC(C)C(=O)NC(C#N)C1CC1. The molecule has 2 unspecified atom stereocenters. The van der Waals surface area contributed by atoms with Gasteiger partial charge in [0.15, 0.2) is 0 Å². The molecule has 14 heavy (non-hydrogen) atoms. The Labute approximate surface area is 85.5 Å². The molecule has 0 aliphatic heterocycles. The molecule has 0 aromatic heterocycles. The van der Waals surface area contributed by atoms with Crippen molar-refractivity contribution >= 4 is 5.91 Å². The van der Waals surface area contributed by atoms with E-state index in [1.165, 1.54) is 0 Å². The maximum atomic E-state index is 11.6. The Morgan fingerprint density at radius 3 is 2.71 bits per heavy atom. The topological polar surface area (TPSA) is 52.9 Å². The maximum Gasteiger partial charge on any atom is 0.223 e. The molecule has 1 aliphatic carbocycles. The van der Waals surface area contributed by atoms with Crippen molar-refractivity contribution in [3.05, 3.63) is 0 Å². The van der Waals surface area contributed by atoms with Gasteiger partial charge in [0, 0.05) is 5.92 Å². The van der Waals surface area contributed by atoms with Gasteiger partial charge in [0.25, 0.3) is 0 Å². The van der Waals surface area contributed by atoms with Gasteiger partial charge in [0.05, 0.1) is 6.07 Å². The molecule has 78 valence electrons. The fraction of sp³-hybridized carbons (Fsp3) is 0.818. The van der Waals surface area contributed by atoms with E-state index < -0.39 is 0 Å². The van der Waals surface area contributed by atoms with Crippen LogP contribution in [0.3, 0.4) is 0 Å². The first kappa shape index (κ1) is 11.0. The van der Waals surface area contributed by atoms with E-state index in [9.17, 15) is 4.79 Å². The number of hydrogen-bond acceptors (Lipinski definition) is 2. The van der Waals surface area contributed by atoms with Gasteiger partial charge < -0.3 is 5.32 Å². The number of rotatable bonds is 5. The lowest BCUT2D eigenvalue weighted by molar-refractivity contribution is -0.125. The van der Waals surface area contributed by atoms with Gasteiger partial charge in [-0.15, -0.1) is 0 Å². The highest BCUT2D eigenvalue weighted by Crippen LogP contribution is 2.32. The summed E-state index contributed by atoms with van der Waals surface area (Å²) in [7, 11) is 0.